The van der Waals surface area contributed by atoms with Gasteiger partial charge in [-0.1, -0.05) is 25.0 Å². The van der Waals surface area contributed by atoms with Crippen molar-refractivity contribution in [2.75, 3.05) is 0 Å². The summed E-state index contributed by atoms with van der Waals surface area (Å²) in [5.41, 5.74) is -0.643. The molecule has 1 aromatic rings. The van der Waals surface area contributed by atoms with Crippen molar-refractivity contribution in [3.63, 3.8) is 0 Å². The first-order valence-electron chi connectivity index (χ1n) is 6.89. The highest BCUT2D eigenvalue weighted by atomic mass is 19.1. The molecular formula is C15H14FN3O2. The number of benzene rings is 1. The molecule has 2 fully saturated rings. The highest BCUT2D eigenvalue weighted by Gasteiger charge is 2.54. The Morgan fingerprint density at radius 2 is 2.05 bits per heavy atom. The number of amides is 3. The van der Waals surface area contributed by atoms with Gasteiger partial charge in [-0.15, -0.1) is 0 Å². The molecule has 3 rings (SSSR count). The van der Waals surface area contributed by atoms with Crippen LogP contribution in [-0.4, -0.2) is 22.4 Å². The molecular weight excluding hydrogens is 273 g/mol. The molecule has 0 bridgehead atoms. The van der Waals surface area contributed by atoms with Gasteiger partial charge in [-0.3, -0.25) is 10.1 Å². The molecule has 0 unspecified atom stereocenters. The zero-order valence-electron chi connectivity index (χ0n) is 11.4. The molecule has 2 aliphatic rings. The minimum absolute atomic E-state index is 0.00106. The predicted octanol–water partition coefficient (Wildman–Crippen LogP) is 2.06. The summed E-state index contributed by atoms with van der Waals surface area (Å²) < 4.78 is 14.2. The molecule has 1 saturated heterocycles. The number of halogens is 1. The number of nitrogens with zero attached hydrogens (tertiary/aromatic N) is 2. The molecule has 0 aromatic heterocycles. The Hall–Kier alpha value is -2.42. The van der Waals surface area contributed by atoms with Crippen molar-refractivity contribution in [2.24, 2.45) is 0 Å². The summed E-state index contributed by atoms with van der Waals surface area (Å²) in [5.74, 6) is -0.915. The van der Waals surface area contributed by atoms with Crippen LogP contribution in [0.1, 0.15) is 36.8 Å². The van der Waals surface area contributed by atoms with E-state index in [0.717, 1.165) is 12.8 Å². The van der Waals surface area contributed by atoms with Gasteiger partial charge in [-0.05, 0) is 18.9 Å². The van der Waals surface area contributed by atoms with Gasteiger partial charge in [0, 0.05) is 5.56 Å². The number of carbonyl (C=O) groups excluding carboxylic acids is 2. The highest BCUT2D eigenvalue weighted by Crippen LogP contribution is 2.39. The topological polar surface area (TPSA) is 73.2 Å². The fourth-order valence-corrected chi connectivity index (χ4v) is 3.24. The Balaban J connectivity index is 1.95. The molecule has 6 heteroatoms. The van der Waals surface area contributed by atoms with Crippen molar-refractivity contribution in [3.8, 4) is 6.07 Å². The van der Waals surface area contributed by atoms with E-state index in [-0.39, 0.29) is 23.6 Å². The van der Waals surface area contributed by atoms with Crippen LogP contribution < -0.4 is 5.32 Å². The monoisotopic (exact) mass is 287 g/mol. The zero-order chi connectivity index (χ0) is 15.0. The molecule has 5 nitrogen and oxygen atoms in total. The van der Waals surface area contributed by atoms with Crippen molar-refractivity contribution >= 4 is 11.9 Å². The van der Waals surface area contributed by atoms with E-state index in [2.05, 4.69) is 5.32 Å². The number of nitrogens with one attached hydrogen (secondary N) is 1. The Labute approximate surface area is 121 Å². The fraction of sp³-hybridized carbons (Fsp3) is 0.400. The van der Waals surface area contributed by atoms with E-state index in [9.17, 15) is 14.0 Å². The van der Waals surface area contributed by atoms with Gasteiger partial charge in [0.1, 0.15) is 17.4 Å². The van der Waals surface area contributed by atoms with Gasteiger partial charge < -0.3 is 4.90 Å². The molecule has 1 saturated carbocycles. The van der Waals surface area contributed by atoms with E-state index >= 15 is 0 Å². The molecule has 1 spiro atoms. The summed E-state index contributed by atoms with van der Waals surface area (Å²) in [5, 5.41) is 11.2. The lowest BCUT2D eigenvalue weighted by molar-refractivity contribution is -0.126. The van der Waals surface area contributed by atoms with E-state index in [0.29, 0.717) is 12.8 Å². The second kappa shape index (κ2) is 4.85. The largest absolute Gasteiger partial charge is 0.325 e. The zero-order valence-corrected chi connectivity index (χ0v) is 11.4. The first-order valence-corrected chi connectivity index (χ1v) is 6.89. The van der Waals surface area contributed by atoms with E-state index in [1.807, 2.05) is 0 Å². The van der Waals surface area contributed by atoms with Crippen LogP contribution in [0.2, 0.25) is 0 Å². The summed E-state index contributed by atoms with van der Waals surface area (Å²) in [6.45, 7) is -0.00106. The van der Waals surface area contributed by atoms with Crippen molar-refractivity contribution in [3.05, 3.63) is 35.1 Å². The van der Waals surface area contributed by atoms with E-state index < -0.39 is 17.4 Å². The molecule has 1 heterocycles. The molecule has 1 aliphatic heterocycles. The highest BCUT2D eigenvalue weighted by molar-refractivity contribution is 6.07. The van der Waals surface area contributed by atoms with Gasteiger partial charge >= 0.3 is 6.03 Å². The minimum Gasteiger partial charge on any atom is -0.305 e. The number of imide groups is 1. The maximum Gasteiger partial charge on any atom is 0.325 e. The number of nitriles is 1. The van der Waals surface area contributed by atoms with Gasteiger partial charge in [0.25, 0.3) is 5.91 Å². The third kappa shape index (κ3) is 1.97. The number of urea groups is 1. The molecule has 3 amide bonds. The van der Waals surface area contributed by atoms with Crippen LogP contribution in [-0.2, 0) is 11.3 Å². The Morgan fingerprint density at radius 1 is 1.33 bits per heavy atom. The van der Waals surface area contributed by atoms with Crippen LogP contribution in [0.4, 0.5) is 9.18 Å². The van der Waals surface area contributed by atoms with Crippen LogP contribution in [0.5, 0.6) is 0 Å². The molecule has 1 aromatic carbocycles. The molecule has 21 heavy (non-hydrogen) atoms. The van der Waals surface area contributed by atoms with Crippen LogP contribution in [0.15, 0.2) is 18.2 Å². The van der Waals surface area contributed by atoms with E-state index in [1.54, 1.807) is 12.1 Å². The smallest absolute Gasteiger partial charge is 0.305 e. The fourth-order valence-electron chi connectivity index (χ4n) is 3.24. The maximum atomic E-state index is 14.2. The summed E-state index contributed by atoms with van der Waals surface area (Å²) in [6, 6.07) is 5.80. The van der Waals surface area contributed by atoms with Crippen LogP contribution in [0, 0.1) is 17.1 Å². The lowest BCUT2D eigenvalue weighted by Gasteiger charge is -2.31. The Bertz CT molecular complexity index is 659. The number of hydrogen-bond acceptors (Lipinski definition) is 3. The normalized spacial score (nSPS) is 19.9. The average molecular weight is 287 g/mol. The maximum absolute atomic E-state index is 14.2. The van der Waals surface area contributed by atoms with Crippen molar-refractivity contribution in [2.45, 2.75) is 37.8 Å². The Morgan fingerprint density at radius 3 is 2.71 bits per heavy atom. The van der Waals surface area contributed by atoms with Crippen LogP contribution in [0.25, 0.3) is 0 Å². The summed E-state index contributed by atoms with van der Waals surface area (Å²) in [6.07, 6.45) is 2.95. The third-order valence-corrected chi connectivity index (χ3v) is 4.36. The van der Waals surface area contributed by atoms with E-state index in [1.165, 1.54) is 17.0 Å². The number of hydrogen-bond donors (Lipinski definition) is 1. The summed E-state index contributed by atoms with van der Waals surface area (Å²) in [7, 11) is 0. The molecule has 0 radical (unpaired) electrons. The lowest BCUT2D eigenvalue weighted by Crippen LogP contribution is -2.47. The molecule has 108 valence electrons. The van der Waals surface area contributed by atoms with Crippen LogP contribution >= 0.6 is 0 Å². The molecule has 0 atom stereocenters. The molecule has 1 aliphatic carbocycles. The van der Waals surface area contributed by atoms with Gasteiger partial charge in [0.15, 0.2) is 0 Å². The van der Waals surface area contributed by atoms with Crippen molar-refractivity contribution < 1.29 is 14.0 Å². The second-order valence-corrected chi connectivity index (χ2v) is 5.47. The van der Waals surface area contributed by atoms with Crippen molar-refractivity contribution in [1.29, 1.82) is 5.26 Å². The van der Waals surface area contributed by atoms with Gasteiger partial charge in [0.05, 0.1) is 12.1 Å². The minimum atomic E-state index is -0.841. The first-order chi connectivity index (χ1) is 10.1. The number of rotatable bonds is 2. The van der Waals surface area contributed by atoms with Crippen LogP contribution in [0.3, 0.4) is 0 Å². The summed E-state index contributed by atoms with van der Waals surface area (Å²) in [4.78, 5) is 25.5. The van der Waals surface area contributed by atoms with E-state index in [4.69, 9.17) is 5.26 Å². The summed E-state index contributed by atoms with van der Waals surface area (Å²) >= 11 is 0. The van der Waals surface area contributed by atoms with Crippen molar-refractivity contribution in [1.82, 2.24) is 10.2 Å². The standard InChI is InChI=1S/C15H14FN3O2/c16-12-10(8-17)4-3-5-11(12)9-19-14(21)18-13(20)15(19)6-1-2-7-15/h3-5H,1-2,6-7,9H2,(H,18,20,21). The SMILES string of the molecule is N#Cc1cccc(CN2C(=O)NC(=O)C23CCCC3)c1F. The second-order valence-electron chi connectivity index (χ2n) is 5.47. The van der Waals surface area contributed by atoms with Gasteiger partial charge in [0.2, 0.25) is 0 Å². The Kier molecular flexibility index (Phi) is 3.13. The number of carbonyl (C=O) groups is 2. The first kappa shape index (κ1) is 13.6. The lowest BCUT2D eigenvalue weighted by atomic mass is 9.95. The molecule has 1 N–H and O–H groups in total. The predicted molar refractivity (Wildman–Crippen MR) is 71.4 cm³/mol. The quantitative estimate of drug-likeness (QED) is 0.846. The average Bonchev–Trinajstić information content (AvgIpc) is 3.03. The van der Waals surface area contributed by atoms with Gasteiger partial charge in [-0.25, -0.2) is 9.18 Å². The van der Waals surface area contributed by atoms with Gasteiger partial charge in [-0.2, -0.15) is 5.26 Å². The third-order valence-electron chi connectivity index (χ3n) is 4.36.